The lowest BCUT2D eigenvalue weighted by atomic mass is 10.1. The van der Waals surface area contributed by atoms with Gasteiger partial charge in [-0.1, -0.05) is 37.3 Å². The topological polar surface area (TPSA) is 38.1 Å². The molecule has 0 radical (unpaired) electrons. The van der Waals surface area contributed by atoms with E-state index in [0.717, 1.165) is 41.8 Å². The zero-order chi connectivity index (χ0) is 19.1. The van der Waals surface area contributed by atoms with Crippen molar-refractivity contribution in [2.24, 2.45) is 0 Å². The van der Waals surface area contributed by atoms with Gasteiger partial charge in [0.05, 0.1) is 11.0 Å². The first kappa shape index (κ1) is 16.8. The number of carbonyl (C=O) groups excluding carboxylic acids is 1. The molecule has 0 N–H and O–H groups in total. The highest BCUT2D eigenvalue weighted by atomic mass is 16.2. The number of carbonyl (C=O) groups is 1. The van der Waals surface area contributed by atoms with Crippen molar-refractivity contribution in [3.63, 3.8) is 0 Å². The smallest absolute Gasteiger partial charge is 0.258 e. The van der Waals surface area contributed by atoms with Crippen molar-refractivity contribution in [1.29, 1.82) is 0 Å². The molecule has 4 aromatic rings. The third-order valence-electron chi connectivity index (χ3n) is 5.55. The van der Waals surface area contributed by atoms with E-state index in [1.165, 1.54) is 11.1 Å². The Bertz CT molecular complexity index is 1170. The Balaban J connectivity index is 1.49. The van der Waals surface area contributed by atoms with Crippen LogP contribution in [-0.2, 0) is 12.8 Å². The highest BCUT2D eigenvalue weighted by Gasteiger charge is 2.25. The van der Waals surface area contributed by atoms with E-state index in [4.69, 9.17) is 0 Å². The summed E-state index contributed by atoms with van der Waals surface area (Å²) in [6.45, 7) is 2.88. The quantitative estimate of drug-likeness (QED) is 0.522. The first-order valence-corrected chi connectivity index (χ1v) is 9.71. The van der Waals surface area contributed by atoms with Crippen LogP contribution >= 0.6 is 0 Å². The molecule has 1 aliphatic rings. The molecule has 1 amide bonds. The van der Waals surface area contributed by atoms with Crippen LogP contribution < -0.4 is 4.90 Å². The minimum Gasteiger partial charge on any atom is -0.308 e. The summed E-state index contributed by atoms with van der Waals surface area (Å²) in [5.41, 5.74) is 7.15. The van der Waals surface area contributed by atoms with E-state index < -0.39 is 0 Å². The molecule has 138 valence electrons. The largest absolute Gasteiger partial charge is 0.308 e. The average molecular weight is 367 g/mol. The summed E-state index contributed by atoms with van der Waals surface area (Å²) >= 11 is 0. The Morgan fingerprint density at radius 2 is 1.86 bits per heavy atom. The van der Waals surface area contributed by atoms with Crippen LogP contribution in [0.3, 0.4) is 0 Å². The highest BCUT2D eigenvalue weighted by Crippen LogP contribution is 2.29. The van der Waals surface area contributed by atoms with Gasteiger partial charge in [0.2, 0.25) is 0 Å². The minimum absolute atomic E-state index is 0.0358. The summed E-state index contributed by atoms with van der Waals surface area (Å²) in [6, 6.07) is 22.4. The molecule has 1 aromatic heterocycles. The van der Waals surface area contributed by atoms with Gasteiger partial charge < -0.3 is 4.90 Å². The maximum absolute atomic E-state index is 13.1. The van der Waals surface area contributed by atoms with Crippen molar-refractivity contribution in [1.82, 2.24) is 9.55 Å². The van der Waals surface area contributed by atoms with Gasteiger partial charge in [0.15, 0.2) is 0 Å². The first-order valence-electron chi connectivity index (χ1n) is 9.71. The van der Waals surface area contributed by atoms with Crippen molar-refractivity contribution in [3.8, 4) is 5.69 Å². The van der Waals surface area contributed by atoms with Crippen molar-refractivity contribution in [3.05, 3.63) is 89.7 Å². The van der Waals surface area contributed by atoms with E-state index in [2.05, 4.69) is 46.8 Å². The molecule has 3 aromatic carbocycles. The molecular weight excluding hydrogens is 346 g/mol. The molecule has 4 nitrogen and oxygen atoms in total. The van der Waals surface area contributed by atoms with Gasteiger partial charge in [-0.2, -0.15) is 0 Å². The molecule has 0 aliphatic carbocycles. The molecule has 0 saturated carbocycles. The average Bonchev–Trinajstić information content (AvgIpc) is 3.37. The van der Waals surface area contributed by atoms with Crippen LogP contribution in [0, 0.1) is 0 Å². The maximum atomic E-state index is 13.1. The molecule has 5 rings (SSSR count). The van der Waals surface area contributed by atoms with Crippen LogP contribution in [0.5, 0.6) is 0 Å². The number of benzene rings is 3. The molecule has 0 atom stereocenters. The van der Waals surface area contributed by atoms with Crippen molar-refractivity contribution in [2.45, 2.75) is 19.8 Å². The summed E-state index contributed by atoms with van der Waals surface area (Å²) in [5.74, 6) is 0.0358. The van der Waals surface area contributed by atoms with Crippen LogP contribution in [0.2, 0.25) is 0 Å². The van der Waals surface area contributed by atoms with Gasteiger partial charge in [-0.3, -0.25) is 9.36 Å². The van der Waals surface area contributed by atoms with Crippen LogP contribution in [0.4, 0.5) is 5.69 Å². The maximum Gasteiger partial charge on any atom is 0.258 e. The molecule has 0 fully saturated rings. The number of para-hydroxylation sites is 1. The van der Waals surface area contributed by atoms with Crippen molar-refractivity contribution in [2.75, 3.05) is 11.4 Å². The minimum atomic E-state index is 0.0358. The number of fused-ring (bicyclic) bond motifs is 2. The number of anilines is 1. The second-order valence-corrected chi connectivity index (χ2v) is 7.17. The van der Waals surface area contributed by atoms with E-state index in [1.54, 1.807) is 0 Å². The van der Waals surface area contributed by atoms with Gasteiger partial charge in [0, 0.05) is 23.5 Å². The van der Waals surface area contributed by atoms with E-state index in [0.29, 0.717) is 5.56 Å². The lowest BCUT2D eigenvalue weighted by Crippen LogP contribution is -2.28. The van der Waals surface area contributed by atoms with Crippen LogP contribution in [0.15, 0.2) is 73.1 Å². The monoisotopic (exact) mass is 367 g/mol. The fourth-order valence-corrected chi connectivity index (χ4v) is 3.95. The van der Waals surface area contributed by atoms with E-state index in [-0.39, 0.29) is 5.91 Å². The fraction of sp³-hybridized carbons (Fsp3) is 0.167. The molecule has 0 saturated heterocycles. The zero-order valence-electron chi connectivity index (χ0n) is 15.8. The normalized spacial score (nSPS) is 13.1. The second-order valence-electron chi connectivity index (χ2n) is 7.17. The first-order chi connectivity index (χ1) is 13.7. The molecule has 2 heterocycles. The number of nitrogens with zero attached hydrogens (tertiary/aromatic N) is 3. The SMILES string of the molecule is CCc1ccc(-n2cnc3cc(C(=O)N4CCc5ccccc54)ccc32)cc1. The molecule has 0 bridgehead atoms. The number of aryl methyl sites for hydroxylation is 1. The van der Waals surface area contributed by atoms with Gasteiger partial charge in [0.1, 0.15) is 6.33 Å². The Kier molecular flexibility index (Phi) is 3.97. The molecule has 4 heteroatoms. The van der Waals surface area contributed by atoms with Gasteiger partial charge >= 0.3 is 0 Å². The highest BCUT2D eigenvalue weighted by molar-refractivity contribution is 6.08. The standard InChI is InChI=1S/C24H21N3O/c1-2-17-7-10-20(11-8-17)27-16-25-21-15-19(9-12-23(21)27)24(28)26-14-13-18-5-3-4-6-22(18)26/h3-12,15-16H,2,13-14H2,1H3. The lowest BCUT2D eigenvalue weighted by Gasteiger charge is -2.17. The molecule has 28 heavy (non-hydrogen) atoms. The van der Waals surface area contributed by atoms with Crippen molar-refractivity contribution >= 4 is 22.6 Å². The predicted octanol–water partition coefficient (Wildman–Crippen LogP) is 4.79. The third-order valence-corrected chi connectivity index (χ3v) is 5.55. The number of amides is 1. The molecule has 0 unspecified atom stereocenters. The summed E-state index contributed by atoms with van der Waals surface area (Å²) < 4.78 is 2.06. The van der Waals surface area contributed by atoms with E-state index in [9.17, 15) is 4.79 Å². The van der Waals surface area contributed by atoms with Gasteiger partial charge in [-0.15, -0.1) is 0 Å². The molecule has 1 aliphatic heterocycles. The third kappa shape index (κ3) is 2.69. The number of imidazole rings is 1. The molecule has 0 spiro atoms. The van der Waals surface area contributed by atoms with Gasteiger partial charge in [-0.05, 0) is 60.4 Å². The Hall–Kier alpha value is -3.40. The van der Waals surface area contributed by atoms with Gasteiger partial charge in [-0.25, -0.2) is 4.98 Å². The summed E-state index contributed by atoms with van der Waals surface area (Å²) in [5, 5.41) is 0. The Morgan fingerprint density at radius 3 is 2.68 bits per heavy atom. The van der Waals surface area contributed by atoms with Crippen LogP contribution in [0.25, 0.3) is 16.7 Å². The summed E-state index contributed by atoms with van der Waals surface area (Å²) in [4.78, 5) is 19.5. The van der Waals surface area contributed by atoms with Crippen LogP contribution in [0.1, 0.15) is 28.4 Å². The lowest BCUT2D eigenvalue weighted by molar-refractivity contribution is 0.0989. The zero-order valence-corrected chi connectivity index (χ0v) is 15.8. The second kappa shape index (κ2) is 6.64. The van der Waals surface area contributed by atoms with E-state index in [1.807, 2.05) is 47.6 Å². The Labute approximate surface area is 164 Å². The molecular formula is C24H21N3O. The summed E-state index contributed by atoms with van der Waals surface area (Å²) in [7, 11) is 0. The van der Waals surface area contributed by atoms with Crippen molar-refractivity contribution < 1.29 is 4.79 Å². The number of hydrogen-bond donors (Lipinski definition) is 0. The van der Waals surface area contributed by atoms with E-state index >= 15 is 0 Å². The number of aromatic nitrogens is 2. The summed E-state index contributed by atoms with van der Waals surface area (Å²) in [6.07, 6.45) is 3.76. The number of rotatable bonds is 3. The number of hydrogen-bond acceptors (Lipinski definition) is 2. The Morgan fingerprint density at radius 1 is 1.04 bits per heavy atom. The van der Waals surface area contributed by atoms with Crippen LogP contribution in [-0.4, -0.2) is 22.0 Å². The predicted molar refractivity (Wildman–Crippen MR) is 112 cm³/mol. The van der Waals surface area contributed by atoms with Gasteiger partial charge in [0.25, 0.3) is 5.91 Å². The fourth-order valence-electron chi connectivity index (χ4n) is 3.95.